The van der Waals surface area contributed by atoms with Gasteiger partial charge >= 0.3 is 6.18 Å². The number of oxime groups is 1. The van der Waals surface area contributed by atoms with E-state index in [9.17, 15) is 18.4 Å². The van der Waals surface area contributed by atoms with Gasteiger partial charge < -0.3 is 26.1 Å². The maximum absolute atomic E-state index is 13.3. The summed E-state index contributed by atoms with van der Waals surface area (Å²) in [6.45, 7) is 11.6. The van der Waals surface area contributed by atoms with Gasteiger partial charge in [-0.05, 0) is 82.6 Å². The van der Waals surface area contributed by atoms with Gasteiger partial charge in [-0.15, -0.1) is 0 Å². The molecule has 1 aliphatic heterocycles. The molecule has 1 aliphatic carbocycles. The number of hydrogen-bond acceptors (Lipinski definition) is 9. The maximum atomic E-state index is 13.3. The zero-order valence-corrected chi connectivity index (χ0v) is 24.8. The fourth-order valence-corrected chi connectivity index (χ4v) is 5.99. The van der Waals surface area contributed by atoms with Crippen LogP contribution >= 0.6 is 0 Å². The number of rotatable bonds is 12. The molecule has 1 saturated heterocycles. The van der Waals surface area contributed by atoms with E-state index in [4.69, 9.17) is 5.73 Å². The molecule has 2 fully saturated rings. The van der Waals surface area contributed by atoms with Crippen LogP contribution in [-0.2, 0) is 12.7 Å². The molecule has 4 rings (SSSR count). The predicted octanol–water partition coefficient (Wildman–Crippen LogP) is 4.76. The number of likely N-dealkylation sites (tertiary alicyclic amines) is 1. The minimum atomic E-state index is -4.42. The molecule has 0 amide bonds. The molecule has 10 nitrogen and oxygen atoms in total. The van der Waals surface area contributed by atoms with E-state index in [1.54, 1.807) is 0 Å². The standard InChI is InChI=1S/C29H42F3N9O/c1-19(21-7-6-8-21)35-26-23(25(34-3)36-27(37-26)24(33)38-42)41(15-20-9-11-22(12-10-20)29(30,31)32)18-40(5)17-28(2)13-14-39(4)16-28/h9-12,19,21,42H,3,6-8,13-18H2,1-2,4-5H3,(H2,33,38)(H,35,36,37)/t19-,28?/m1/s1. The second-order valence-corrected chi connectivity index (χ2v) is 12.2. The molecule has 2 aliphatic rings. The fraction of sp³-hybridized carbons (Fsp3) is 0.586. The molecule has 0 spiro atoms. The summed E-state index contributed by atoms with van der Waals surface area (Å²) in [7, 11) is 4.14. The highest BCUT2D eigenvalue weighted by Crippen LogP contribution is 2.39. The molecule has 1 saturated carbocycles. The number of aromatic nitrogens is 2. The first-order chi connectivity index (χ1) is 19.8. The lowest BCUT2D eigenvalue weighted by Gasteiger charge is -2.37. The van der Waals surface area contributed by atoms with Crippen molar-refractivity contribution in [2.24, 2.45) is 27.2 Å². The molecule has 0 radical (unpaired) electrons. The largest absolute Gasteiger partial charge is 0.416 e. The average molecular weight is 590 g/mol. The highest BCUT2D eigenvalue weighted by atomic mass is 19.4. The van der Waals surface area contributed by atoms with Crippen molar-refractivity contribution in [3.8, 4) is 0 Å². The summed E-state index contributed by atoms with van der Waals surface area (Å²) < 4.78 is 39.8. The summed E-state index contributed by atoms with van der Waals surface area (Å²) in [4.78, 5) is 19.8. The number of alkyl halides is 3. The Morgan fingerprint density at radius 1 is 1.29 bits per heavy atom. The molecule has 4 N–H and O–H groups in total. The van der Waals surface area contributed by atoms with Crippen molar-refractivity contribution < 1.29 is 18.4 Å². The van der Waals surface area contributed by atoms with Gasteiger partial charge in [0.15, 0.2) is 11.6 Å². The molecule has 42 heavy (non-hydrogen) atoms. The molecular weight excluding hydrogens is 547 g/mol. The van der Waals surface area contributed by atoms with Gasteiger partial charge in [-0.3, -0.25) is 4.90 Å². The van der Waals surface area contributed by atoms with Crippen LogP contribution in [0.25, 0.3) is 0 Å². The number of anilines is 2. The maximum Gasteiger partial charge on any atom is 0.416 e. The first-order valence-corrected chi connectivity index (χ1v) is 14.2. The Labute approximate surface area is 245 Å². The number of nitrogens with one attached hydrogen (secondary N) is 1. The zero-order valence-electron chi connectivity index (χ0n) is 24.8. The summed E-state index contributed by atoms with van der Waals surface area (Å²) >= 11 is 0. The highest BCUT2D eigenvalue weighted by Gasteiger charge is 2.34. The molecule has 2 atom stereocenters. The van der Waals surface area contributed by atoms with Gasteiger partial charge in [0.05, 0.1) is 12.2 Å². The van der Waals surface area contributed by atoms with E-state index in [1.165, 1.54) is 18.6 Å². The van der Waals surface area contributed by atoms with Gasteiger partial charge in [-0.2, -0.15) is 13.2 Å². The highest BCUT2D eigenvalue weighted by molar-refractivity contribution is 5.95. The van der Waals surface area contributed by atoms with E-state index < -0.39 is 11.7 Å². The van der Waals surface area contributed by atoms with E-state index >= 15 is 0 Å². The predicted molar refractivity (Wildman–Crippen MR) is 160 cm³/mol. The Morgan fingerprint density at radius 2 is 1.98 bits per heavy atom. The smallest absolute Gasteiger partial charge is 0.409 e. The lowest BCUT2D eigenvalue weighted by Crippen LogP contribution is -2.42. The van der Waals surface area contributed by atoms with Crippen molar-refractivity contribution in [2.45, 2.75) is 58.3 Å². The summed E-state index contributed by atoms with van der Waals surface area (Å²) in [6, 6.07) is 5.23. The SMILES string of the molecule is C=Nc1nc(/C(N)=N/O)nc(N[C@H](C)C2CCC2)c1N(Cc1ccc(C(F)(F)F)cc1)CN(C)CC1(C)CCN(C)C1. The van der Waals surface area contributed by atoms with Crippen molar-refractivity contribution in [1.29, 1.82) is 0 Å². The fourth-order valence-electron chi connectivity index (χ4n) is 5.99. The quantitative estimate of drug-likeness (QED) is 0.107. The Kier molecular flexibility index (Phi) is 9.61. The first kappa shape index (κ1) is 31.5. The van der Waals surface area contributed by atoms with Crippen molar-refractivity contribution >= 4 is 29.9 Å². The van der Waals surface area contributed by atoms with Crippen LogP contribution in [0.4, 0.5) is 30.5 Å². The van der Waals surface area contributed by atoms with Crippen molar-refractivity contribution in [3.05, 3.63) is 41.2 Å². The summed E-state index contributed by atoms with van der Waals surface area (Å²) in [6.07, 6.45) is 0.00383. The normalized spacial score (nSPS) is 20.9. The Hall–Kier alpha value is -3.45. The van der Waals surface area contributed by atoms with Gasteiger partial charge in [0.1, 0.15) is 5.69 Å². The molecule has 230 valence electrons. The number of hydrogen-bond donors (Lipinski definition) is 3. The number of aliphatic imine (C=N–C) groups is 1. The van der Waals surface area contributed by atoms with Crippen LogP contribution in [0.2, 0.25) is 0 Å². The third kappa shape index (κ3) is 7.49. The summed E-state index contributed by atoms with van der Waals surface area (Å²) in [5, 5.41) is 15.9. The number of benzene rings is 1. The van der Waals surface area contributed by atoms with E-state index in [-0.39, 0.29) is 35.5 Å². The molecule has 2 heterocycles. The van der Waals surface area contributed by atoms with E-state index in [0.717, 1.165) is 51.0 Å². The Bertz CT molecular complexity index is 1270. The first-order valence-electron chi connectivity index (χ1n) is 14.2. The second-order valence-electron chi connectivity index (χ2n) is 12.2. The molecule has 1 aromatic carbocycles. The van der Waals surface area contributed by atoms with E-state index in [2.05, 4.69) is 62.8 Å². The third-order valence-corrected chi connectivity index (χ3v) is 8.36. The van der Waals surface area contributed by atoms with Crippen LogP contribution in [0.15, 0.2) is 34.4 Å². The third-order valence-electron chi connectivity index (χ3n) is 8.36. The van der Waals surface area contributed by atoms with Crippen molar-refractivity contribution in [3.63, 3.8) is 0 Å². The van der Waals surface area contributed by atoms with Gasteiger partial charge in [-0.1, -0.05) is 30.6 Å². The molecular formula is C29H42F3N9O. The molecule has 0 bridgehead atoms. The number of nitrogens with two attached hydrogens (primary N) is 1. The van der Waals surface area contributed by atoms with Gasteiger partial charge in [-0.25, -0.2) is 15.0 Å². The number of halogens is 3. The number of amidine groups is 1. The average Bonchev–Trinajstić information content (AvgIpc) is 3.23. The summed E-state index contributed by atoms with van der Waals surface area (Å²) in [5.41, 5.74) is 6.49. The van der Waals surface area contributed by atoms with Crippen LogP contribution < -0.4 is 16.0 Å². The minimum Gasteiger partial charge on any atom is -0.409 e. The Morgan fingerprint density at radius 3 is 2.50 bits per heavy atom. The van der Waals surface area contributed by atoms with Gasteiger partial charge in [0, 0.05) is 25.7 Å². The van der Waals surface area contributed by atoms with Crippen molar-refractivity contribution in [2.75, 3.05) is 50.6 Å². The van der Waals surface area contributed by atoms with Crippen LogP contribution in [0.1, 0.15) is 56.5 Å². The Balaban J connectivity index is 1.75. The number of nitrogens with zero attached hydrogens (tertiary/aromatic N) is 7. The van der Waals surface area contributed by atoms with Crippen LogP contribution in [-0.4, -0.2) is 84.0 Å². The van der Waals surface area contributed by atoms with E-state index in [1.807, 2.05) is 11.9 Å². The van der Waals surface area contributed by atoms with Crippen LogP contribution in [0.5, 0.6) is 0 Å². The monoisotopic (exact) mass is 589 g/mol. The molecule has 13 heteroatoms. The zero-order chi connectivity index (χ0) is 30.7. The summed E-state index contributed by atoms with van der Waals surface area (Å²) in [5.74, 6) is 0.861. The second kappa shape index (κ2) is 12.8. The van der Waals surface area contributed by atoms with Crippen LogP contribution in [0.3, 0.4) is 0 Å². The van der Waals surface area contributed by atoms with Gasteiger partial charge in [0.2, 0.25) is 11.7 Å². The molecule has 2 aromatic rings. The lowest BCUT2D eigenvalue weighted by atomic mass is 9.80. The van der Waals surface area contributed by atoms with E-state index in [0.29, 0.717) is 29.7 Å². The molecule has 1 aromatic heterocycles. The van der Waals surface area contributed by atoms with Crippen LogP contribution in [0, 0.1) is 11.3 Å². The van der Waals surface area contributed by atoms with Crippen molar-refractivity contribution in [1.82, 2.24) is 19.8 Å². The lowest BCUT2D eigenvalue weighted by molar-refractivity contribution is -0.137. The minimum absolute atomic E-state index is 0.00343. The molecule has 1 unspecified atom stereocenters. The van der Waals surface area contributed by atoms with Gasteiger partial charge in [0.25, 0.3) is 0 Å². The topological polar surface area (TPSA) is 118 Å².